The first-order valence-corrected chi connectivity index (χ1v) is 4.09. The molecular weight excluding hydrogens is 166 g/mol. The molecule has 72 valence electrons. The minimum absolute atomic E-state index is 0.572. The molecule has 0 heterocycles. The lowest BCUT2D eigenvalue weighted by Crippen LogP contribution is -2.00. The highest BCUT2D eigenvalue weighted by atomic mass is 16.5. The van der Waals surface area contributed by atoms with Gasteiger partial charge in [0.25, 0.3) is 0 Å². The van der Waals surface area contributed by atoms with Gasteiger partial charge in [-0.3, -0.25) is 0 Å². The molecule has 3 heteroatoms. The molecule has 0 amide bonds. The lowest BCUT2D eigenvalue weighted by atomic mass is 10.1. The van der Waals surface area contributed by atoms with Crippen molar-refractivity contribution in [3.8, 4) is 11.5 Å². The van der Waals surface area contributed by atoms with Crippen LogP contribution in [0.1, 0.15) is 11.1 Å². The van der Waals surface area contributed by atoms with Crippen LogP contribution in [0.4, 0.5) is 5.69 Å². The summed E-state index contributed by atoms with van der Waals surface area (Å²) >= 11 is 0. The molecule has 1 aromatic rings. The van der Waals surface area contributed by atoms with Gasteiger partial charge in [-0.2, -0.15) is 0 Å². The van der Waals surface area contributed by atoms with E-state index in [-0.39, 0.29) is 0 Å². The Morgan fingerprint density at radius 2 is 1.38 bits per heavy atom. The van der Waals surface area contributed by atoms with E-state index in [0.717, 1.165) is 11.1 Å². The van der Waals surface area contributed by atoms with E-state index in [1.807, 2.05) is 19.9 Å². The van der Waals surface area contributed by atoms with E-state index in [2.05, 4.69) is 0 Å². The second kappa shape index (κ2) is 3.56. The van der Waals surface area contributed by atoms with Crippen molar-refractivity contribution in [3.05, 3.63) is 17.2 Å². The number of hydrogen-bond donors (Lipinski definition) is 1. The molecule has 0 bridgehead atoms. The van der Waals surface area contributed by atoms with Crippen molar-refractivity contribution in [2.24, 2.45) is 0 Å². The predicted octanol–water partition coefficient (Wildman–Crippen LogP) is 1.90. The molecular formula is C10H15NO2. The van der Waals surface area contributed by atoms with Gasteiger partial charge in [-0.25, -0.2) is 0 Å². The Hall–Kier alpha value is -1.38. The third kappa shape index (κ3) is 1.54. The monoisotopic (exact) mass is 181 g/mol. The van der Waals surface area contributed by atoms with E-state index >= 15 is 0 Å². The summed E-state index contributed by atoms with van der Waals surface area (Å²) in [6, 6.07) is 1.99. The van der Waals surface area contributed by atoms with Crippen molar-refractivity contribution in [1.82, 2.24) is 0 Å². The number of rotatable bonds is 2. The zero-order valence-electron chi connectivity index (χ0n) is 8.47. The first kappa shape index (κ1) is 9.71. The van der Waals surface area contributed by atoms with Gasteiger partial charge >= 0.3 is 0 Å². The van der Waals surface area contributed by atoms with E-state index < -0.39 is 0 Å². The largest absolute Gasteiger partial charge is 0.494 e. The third-order valence-electron chi connectivity index (χ3n) is 2.05. The van der Waals surface area contributed by atoms with Crippen molar-refractivity contribution >= 4 is 5.69 Å². The average Bonchev–Trinajstić information content (AvgIpc) is 2.04. The maximum atomic E-state index is 5.86. The molecule has 0 aliphatic carbocycles. The highest BCUT2D eigenvalue weighted by Crippen LogP contribution is 2.37. The van der Waals surface area contributed by atoms with Crippen molar-refractivity contribution in [3.63, 3.8) is 0 Å². The van der Waals surface area contributed by atoms with Crippen LogP contribution >= 0.6 is 0 Å². The number of hydrogen-bond acceptors (Lipinski definition) is 3. The first-order chi connectivity index (χ1) is 6.11. The molecule has 0 aliphatic heterocycles. The van der Waals surface area contributed by atoms with Crippen LogP contribution in [0.5, 0.6) is 11.5 Å². The Kier molecular flexibility index (Phi) is 2.66. The van der Waals surface area contributed by atoms with Crippen LogP contribution in [0.2, 0.25) is 0 Å². The van der Waals surface area contributed by atoms with Crippen molar-refractivity contribution in [2.45, 2.75) is 13.8 Å². The van der Waals surface area contributed by atoms with Crippen LogP contribution in [-0.4, -0.2) is 14.2 Å². The summed E-state index contributed by atoms with van der Waals surface area (Å²) in [7, 11) is 3.21. The van der Waals surface area contributed by atoms with Crippen LogP contribution in [0, 0.1) is 13.8 Å². The van der Waals surface area contributed by atoms with Crippen LogP contribution < -0.4 is 15.2 Å². The van der Waals surface area contributed by atoms with Crippen molar-refractivity contribution in [1.29, 1.82) is 0 Å². The summed E-state index contributed by atoms with van der Waals surface area (Å²) in [5.41, 5.74) is 8.48. The van der Waals surface area contributed by atoms with Gasteiger partial charge in [-0.1, -0.05) is 0 Å². The van der Waals surface area contributed by atoms with Gasteiger partial charge in [0.15, 0.2) is 0 Å². The topological polar surface area (TPSA) is 44.5 Å². The zero-order chi connectivity index (χ0) is 10.0. The van der Waals surface area contributed by atoms with E-state index in [9.17, 15) is 0 Å². The molecule has 0 saturated carbocycles. The van der Waals surface area contributed by atoms with Gasteiger partial charge in [-0.05, 0) is 31.0 Å². The molecule has 0 radical (unpaired) electrons. The second-order valence-electron chi connectivity index (χ2n) is 2.99. The first-order valence-electron chi connectivity index (χ1n) is 4.09. The number of ether oxygens (including phenoxy) is 2. The molecule has 0 unspecified atom stereocenters. The fraction of sp³-hybridized carbons (Fsp3) is 0.400. The number of nitrogen functional groups attached to an aromatic ring is 1. The number of benzene rings is 1. The lowest BCUT2D eigenvalue weighted by molar-refractivity contribution is 0.394. The van der Waals surface area contributed by atoms with Crippen molar-refractivity contribution < 1.29 is 9.47 Å². The van der Waals surface area contributed by atoms with Gasteiger partial charge in [0.2, 0.25) is 0 Å². The number of anilines is 1. The summed E-state index contributed by atoms with van der Waals surface area (Å²) in [4.78, 5) is 0. The van der Waals surface area contributed by atoms with Gasteiger partial charge in [0.05, 0.1) is 14.2 Å². The van der Waals surface area contributed by atoms with Gasteiger partial charge < -0.3 is 15.2 Å². The molecule has 0 fully saturated rings. The Morgan fingerprint density at radius 1 is 1.00 bits per heavy atom. The molecule has 0 saturated heterocycles. The number of aryl methyl sites for hydroxylation is 2. The highest BCUT2D eigenvalue weighted by molar-refractivity contribution is 5.68. The van der Waals surface area contributed by atoms with Crippen LogP contribution in [-0.2, 0) is 0 Å². The quantitative estimate of drug-likeness (QED) is 0.709. The molecule has 3 nitrogen and oxygen atoms in total. The smallest absolute Gasteiger partial charge is 0.148 e. The molecule has 2 N–H and O–H groups in total. The highest BCUT2D eigenvalue weighted by Gasteiger charge is 2.12. The second-order valence-corrected chi connectivity index (χ2v) is 2.99. The lowest BCUT2D eigenvalue weighted by Gasteiger charge is -2.14. The minimum Gasteiger partial charge on any atom is -0.494 e. The number of nitrogens with two attached hydrogens (primary N) is 1. The average molecular weight is 181 g/mol. The molecule has 1 aromatic carbocycles. The number of methoxy groups -OCH3 is 2. The SMILES string of the molecule is COc1c(C)cc(C)c(OC)c1N. The normalized spacial score (nSPS) is 9.85. The summed E-state index contributed by atoms with van der Waals surface area (Å²) in [5, 5.41) is 0. The fourth-order valence-corrected chi connectivity index (χ4v) is 1.53. The van der Waals surface area contributed by atoms with E-state index in [4.69, 9.17) is 15.2 Å². The molecule has 0 spiro atoms. The van der Waals surface area contributed by atoms with Crippen LogP contribution in [0.15, 0.2) is 6.07 Å². The van der Waals surface area contributed by atoms with Gasteiger partial charge in [0.1, 0.15) is 17.2 Å². The van der Waals surface area contributed by atoms with Gasteiger partial charge in [0, 0.05) is 0 Å². The molecule has 0 atom stereocenters. The summed E-state index contributed by atoms with van der Waals surface area (Å²) < 4.78 is 10.3. The molecule has 1 rings (SSSR count). The molecule has 0 aliphatic rings. The summed E-state index contributed by atoms with van der Waals surface area (Å²) in [6.07, 6.45) is 0. The maximum absolute atomic E-state index is 5.86. The van der Waals surface area contributed by atoms with E-state index in [1.54, 1.807) is 14.2 Å². The Balaban J connectivity index is 3.39. The minimum atomic E-state index is 0.572. The fourth-order valence-electron chi connectivity index (χ4n) is 1.53. The van der Waals surface area contributed by atoms with E-state index in [1.165, 1.54) is 0 Å². The van der Waals surface area contributed by atoms with Crippen LogP contribution in [0.25, 0.3) is 0 Å². The predicted molar refractivity (Wildman–Crippen MR) is 53.4 cm³/mol. The summed E-state index contributed by atoms with van der Waals surface area (Å²) in [5.74, 6) is 1.39. The zero-order valence-corrected chi connectivity index (χ0v) is 8.47. The Morgan fingerprint density at radius 3 is 1.69 bits per heavy atom. The summed E-state index contributed by atoms with van der Waals surface area (Å²) in [6.45, 7) is 3.92. The third-order valence-corrected chi connectivity index (χ3v) is 2.05. The van der Waals surface area contributed by atoms with Crippen LogP contribution in [0.3, 0.4) is 0 Å². The molecule has 13 heavy (non-hydrogen) atoms. The standard InChI is InChI=1S/C10H15NO2/c1-6-5-7(2)10(13-4)8(11)9(6)12-3/h5H,11H2,1-4H3. The van der Waals surface area contributed by atoms with Gasteiger partial charge in [-0.15, -0.1) is 0 Å². The van der Waals surface area contributed by atoms with E-state index in [0.29, 0.717) is 17.2 Å². The molecule has 0 aromatic heterocycles. The Bertz CT molecular complexity index is 293. The maximum Gasteiger partial charge on any atom is 0.148 e. The van der Waals surface area contributed by atoms with Crippen molar-refractivity contribution in [2.75, 3.05) is 20.0 Å². The Labute approximate surface area is 78.5 Å².